The highest BCUT2D eigenvalue weighted by molar-refractivity contribution is 6.35. The summed E-state index contributed by atoms with van der Waals surface area (Å²) in [6.45, 7) is 1.78. The predicted octanol–water partition coefficient (Wildman–Crippen LogP) is 3.91. The average Bonchev–Trinajstić information content (AvgIpc) is 2.50. The van der Waals surface area contributed by atoms with Gasteiger partial charge in [0.2, 0.25) is 5.91 Å². The zero-order chi connectivity index (χ0) is 17.0. The Hall–Kier alpha value is -2.04. The number of benzene rings is 2. The third-order valence-corrected chi connectivity index (χ3v) is 4.03. The van der Waals surface area contributed by atoms with Crippen molar-refractivity contribution in [3.8, 4) is 0 Å². The molecule has 0 aliphatic heterocycles. The van der Waals surface area contributed by atoms with Crippen LogP contribution in [-0.4, -0.2) is 11.8 Å². The molecule has 6 heteroatoms. The first-order valence-electron chi connectivity index (χ1n) is 7.02. The van der Waals surface area contributed by atoms with Crippen molar-refractivity contribution in [3.63, 3.8) is 0 Å². The Labute approximate surface area is 144 Å². The van der Waals surface area contributed by atoms with Crippen LogP contribution in [0.4, 0.5) is 5.69 Å². The Balaban J connectivity index is 2.10. The molecule has 0 saturated carbocycles. The summed E-state index contributed by atoms with van der Waals surface area (Å²) in [7, 11) is 0. The van der Waals surface area contributed by atoms with Gasteiger partial charge < -0.3 is 11.1 Å². The zero-order valence-corrected chi connectivity index (χ0v) is 14.0. The SMILES string of the molecule is CC(Cc1ccc(Cl)cc1Cl)C(=O)Nc1ccccc1C(N)=O. The van der Waals surface area contributed by atoms with Gasteiger partial charge in [-0.1, -0.05) is 48.3 Å². The Kier molecular flexibility index (Phi) is 5.64. The molecular weight excluding hydrogens is 335 g/mol. The number of para-hydroxylation sites is 1. The number of amides is 2. The molecule has 0 aromatic heterocycles. The van der Waals surface area contributed by atoms with Crippen LogP contribution in [0.3, 0.4) is 0 Å². The summed E-state index contributed by atoms with van der Waals surface area (Å²) >= 11 is 12.0. The van der Waals surface area contributed by atoms with E-state index in [0.29, 0.717) is 22.2 Å². The molecule has 0 heterocycles. The van der Waals surface area contributed by atoms with Crippen LogP contribution in [0.2, 0.25) is 10.0 Å². The molecule has 0 bridgehead atoms. The maximum absolute atomic E-state index is 12.3. The van der Waals surface area contributed by atoms with Gasteiger partial charge in [-0.3, -0.25) is 9.59 Å². The number of primary amides is 1. The Morgan fingerprint density at radius 3 is 2.52 bits per heavy atom. The van der Waals surface area contributed by atoms with Crippen molar-refractivity contribution >= 4 is 40.7 Å². The standard InChI is InChI=1S/C17H16Cl2N2O2/c1-10(8-11-6-7-12(18)9-14(11)19)17(23)21-15-5-3-2-4-13(15)16(20)22/h2-7,9-10H,8H2,1H3,(H2,20,22)(H,21,23). The summed E-state index contributed by atoms with van der Waals surface area (Å²) < 4.78 is 0. The maximum atomic E-state index is 12.3. The molecule has 1 unspecified atom stereocenters. The second-order valence-corrected chi connectivity index (χ2v) is 6.08. The molecule has 2 aromatic rings. The molecule has 4 nitrogen and oxygen atoms in total. The van der Waals surface area contributed by atoms with E-state index in [2.05, 4.69) is 5.32 Å². The number of hydrogen-bond acceptors (Lipinski definition) is 2. The lowest BCUT2D eigenvalue weighted by Gasteiger charge is -2.14. The quantitative estimate of drug-likeness (QED) is 0.857. The Morgan fingerprint density at radius 2 is 1.87 bits per heavy atom. The van der Waals surface area contributed by atoms with E-state index >= 15 is 0 Å². The van der Waals surface area contributed by atoms with Crippen LogP contribution in [0.5, 0.6) is 0 Å². The largest absolute Gasteiger partial charge is 0.366 e. The van der Waals surface area contributed by atoms with Gasteiger partial charge in [0.25, 0.3) is 5.91 Å². The highest BCUT2D eigenvalue weighted by Gasteiger charge is 2.17. The van der Waals surface area contributed by atoms with Crippen LogP contribution in [0.15, 0.2) is 42.5 Å². The fourth-order valence-corrected chi connectivity index (χ4v) is 2.66. The summed E-state index contributed by atoms with van der Waals surface area (Å²) in [6.07, 6.45) is 0.459. The van der Waals surface area contributed by atoms with Gasteiger partial charge in [-0.05, 0) is 36.2 Å². The number of rotatable bonds is 5. The van der Waals surface area contributed by atoms with E-state index in [9.17, 15) is 9.59 Å². The van der Waals surface area contributed by atoms with E-state index in [-0.39, 0.29) is 17.4 Å². The van der Waals surface area contributed by atoms with E-state index in [1.165, 1.54) is 0 Å². The number of carbonyl (C=O) groups is 2. The van der Waals surface area contributed by atoms with Crippen LogP contribution in [-0.2, 0) is 11.2 Å². The minimum absolute atomic E-state index is 0.218. The van der Waals surface area contributed by atoms with Crippen molar-refractivity contribution in [2.24, 2.45) is 11.7 Å². The van der Waals surface area contributed by atoms with Gasteiger partial charge in [-0.15, -0.1) is 0 Å². The lowest BCUT2D eigenvalue weighted by atomic mass is 10.00. The highest BCUT2D eigenvalue weighted by atomic mass is 35.5. The van der Waals surface area contributed by atoms with Crippen molar-refractivity contribution in [1.82, 2.24) is 0 Å². The average molecular weight is 351 g/mol. The summed E-state index contributed by atoms with van der Waals surface area (Å²) in [5.41, 5.74) is 6.82. The second-order valence-electron chi connectivity index (χ2n) is 5.24. The van der Waals surface area contributed by atoms with Gasteiger partial charge in [0.05, 0.1) is 11.3 Å². The van der Waals surface area contributed by atoms with Gasteiger partial charge in [0.15, 0.2) is 0 Å². The maximum Gasteiger partial charge on any atom is 0.250 e. The van der Waals surface area contributed by atoms with Gasteiger partial charge in [0, 0.05) is 16.0 Å². The number of nitrogens with two attached hydrogens (primary N) is 1. The minimum atomic E-state index is -0.589. The van der Waals surface area contributed by atoms with E-state index in [1.807, 2.05) is 0 Å². The molecule has 0 fully saturated rings. The van der Waals surface area contributed by atoms with Crippen LogP contribution in [0.25, 0.3) is 0 Å². The van der Waals surface area contributed by atoms with Crippen molar-refractivity contribution in [2.75, 3.05) is 5.32 Å². The first-order valence-corrected chi connectivity index (χ1v) is 7.77. The van der Waals surface area contributed by atoms with Gasteiger partial charge in [-0.25, -0.2) is 0 Å². The van der Waals surface area contributed by atoms with Gasteiger partial charge in [-0.2, -0.15) is 0 Å². The molecule has 0 aliphatic rings. The normalized spacial score (nSPS) is 11.8. The summed E-state index contributed by atoms with van der Waals surface area (Å²) in [5, 5.41) is 3.80. The van der Waals surface area contributed by atoms with Crippen molar-refractivity contribution < 1.29 is 9.59 Å². The summed E-state index contributed by atoms with van der Waals surface area (Å²) in [6, 6.07) is 11.8. The monoisotopic (exact) mass is 350 g/mol. The fraction of sp³-hybridized carbons (Fsp3) is 0.176. The number of hydrogen-bond donors (Lipinski definition) is 2. The molecule has 1 atom stereocenters. The number of anilines is 1. The molecule has 23 heavy (non-hydrogen) atoms. The molecule has 3 N–H and O–H groups in total. The van der Waals surface area contributed by atoms with E-state index in [0.717, 1.165) is 5.56 Å². The van der Waals surface area contributed by atoms with Gasteiger partial charge >= 0.3 is 0 Å². The van der Waals surface area contributed by atoms with Gasteiger partial charge in [0.1, 0.15) is 0 Å². The topological polar surface area (TPSA) is 72.2 Å². The third kappa shape index (κ3) is 4.47. The second kappa shape index (κ2) is 7.49. The van der Waals surface area contributed by atoms with Crippen LogP contribution >= 0.6 is 23.2 Å². The molecular formula is C17H16Cl2N2O2. The first-order chi connectivity index (χ1) is 10.9. The Morgan fingerprint density at radius 1 is 1.17 bits per heavy atom. The smallest absolute Gasteiger partial charge is 0.250 e. The van der Waals surface area contributed by atoms with Crippen molar-refractivity contribution in [2.45, 2.75) is 13.3 Å². The molecule has 0 spiro atoms. The molecule has 2 rings (SSSR count). The fourth-order valence-electron chi connectivity index (χ4n) is 2.17. The summed E-state index contributed by atoms with van der Waals surface area (Å²) in [4.78, 5) is 23.7. The first kappa shape index (κ1) is 17.3. The molecule has 0 radical (unpaired) electrons. The molecule has 120 valence electrons. The Bertz CT molecular complexity index is 747. The molecule has 0 aliphatic carbocycles. The van der Waals surface area contributed by atoms with Crippen molar-refractivity contribution in [1.29, 1.82) is 0 Å². The van der Waals surface area contributed by atoms with Crippen molar-refractivity contribution in [3.05, 3.63) is 63.6 Å². The third-order valence-electron chi connectivity index (χ3n) is 3.44. The lowest BCUT2D eigenvalue weighted by Crippen LogP contribution is -2.24. The molecule has 2 amide bonds. The lowest BCUT2D eigenvalue weighted by molar-refractivity contribution is -0.119. The number of halogens is 2. The molecule has 2 aromatic carbocycles. The minimum Gasteiger partial charge on any atom is -0.366 e. The number of nitrogens with one attached hydrogen (secondary N) is 1. The van der Waals surface area contributed by atoms with E-state index in [4.69, 9.17) is 28.9 Å². The molecule has 0 saturated heterocycles. The predicted molar refractivity (Wildman–Crippen MR) is 92.9 cm³/mol. The van der Waals surface area contributed by atoms with Crippen LogP contribution in [0, 0.1) is 5.92 Å². The highest BCUT2D eigenvalue weighted by Crippen LogP contribution is 2.24. The number of carbonyl (C=O) groups excluding carboxylic acids is 2. The summed E-state index contributed by atoms with van der Waals surface area (Å²) in [5.74, 6) is -1.14. The van der Waals surface area contributed by atoms with E-state index in [1.54, 1.807) is 49.4 Å². The zero-order valence-electron chi connectivity index (χ0n) is 12.5. The van der Waals surface area contributed by atoms with E-state index < -0.39 is 5.91 Å². The van der Waals surface area contributed by atoms with Crippen LogP contribution in [0.1, 0.15) is 22.8 Å². The van der Waals surface area contributed by atoms with Crippen LogP contribution < -0.4 is 11.1 Å².